The van der Waals surface area contributed by atoms with Crippen molar-refractivity contribution in [2.75, 3.05) is 32.1 Å². The number of aromatic nitrogens is 2. The van der Waals surface area contributed by atoms with Gasteiger partial charge in [-0.05, 0) is 40.2 Å². The van der Waals surface area contributed by atoms with Gasteiger partial charge >= 0.3 is 0 Å². The van der Waals surface area contributed by atoms with Gasteiger partial charge in [-0.25, -0.2) is 9.97 Å². The number of piperidine rings is 1. The molecule has 1 unspecified atom stereocenters. The number of nitrogens with zero attached hydrogens (tertiary/aromatic N) is 3. The van der Waals surface area contributed by atoms with Crippen LogP contribution in [-0.2, 0) is 11.3 Å². The Kier molecular flexibility index (Phi) is 4.94. The average Bonchev–Trinajstić information content (AvgIpc) is 2.38. The smallest absolute Gasteiger partial charge is 0.144 e. The van der Waals surface area contributed by atoms with E-state index in [9.17, 15) is 0 Å². The van der Waals surface area contributed by atoms with Crippen LogP contribution in [0, 0.1) is 6.92 Å². The van der Waals surface area contributed by atoms with Crippen LogP contribution < -0.4 is 5.32 Å². The predicted octanol–water partition coefficient (Wildman–Crippen LogP) is 2.22. The van der Waals surface area contributed by atoms with Crippen molar-refractivity contribution in [1.82, 2.24) is 14.9 Å². The van der Waals surface area contributed by atoms with Gasteiger partial charge in [-0.2, -0.15) is 0 Å². The van der Waals surface area contributed by atoms with Gasteiger partial charge in [-0.1, -0.05) is 0 Å². The minimum Gasteiger partial charge on any atom is -0.377 e. The summed E-state index contributed by atoms with van der Waals surface area (Å²) in [5.41, 5.74) is 0.976. The van der Waals surface area contributed by atoms with E-state index in [0.29, 0.717) is 0 Å². The molecular formula is C15H26N4O. The molecule has 1 aliphatic heterocycles. The molecule has 1 aromatic heterocycles. The third-order valence-corrected chi connectivity index (χ3v) is 3.85. The van der Waals surface area contributed by atoms with Crippen LogP contribution in [0.4, 0.5) is 5.82 Å². The number of rotatable bonds is 5. The number of likely N-dealkylation sites (tertiary alicyclic amines) is 1. The Hall–Kier alpha value is -1.20. The van der Waals surface area contributed by atoms with Crippen LogP contribution in [0.1, 0.15) is 38.2 Å². The van der Waals surface area contributed by atoms with Gasteiger partial charge in [-0.3, -0.25) is 4.90 Å². The maximum absolute atomic E-state index is 5.64. The Bertz CT molecular complexity index is 451. The minimum absolute atomic E-state index is 0.0351. The average molecular weight is 278 g/mol. The van der Waals surface area contributed by atoms with Crippen molar-refractivity contribution < 1.29 is 4.74 Å². The molecule has 1 N–H and O–H groups in total. The van der Waals surface area contributed by atoms with Crippen LogP contribution >= 0.6 is 0 Å². The molecule has 0 aliphatic carbocycles. The largest absolute Gasteiger partial charge is 0.377 e. The molecule has 20 heavy (non-hydrogen) atoms. The molecule has 5 heteroatoms. The second-order valence-electron chi connectivity index (χ2n) is 5.81. The third kappa shape index (κ3) is 3.90. The number of hydrogen-bond donors (Lipinski definition) is 1. The molecule has 0 radical (unpaired) electrons. The Morgan fingerprint density at radius 1 is 1.45 bits per heavy atom. The van der Waals surface area contributed by atoms with Gasteiger partial charge in [0.2, 0.25) is 0 Å². The summed E-state index contributed by atoms with van der Waals surface area (Å²) < 4.78 is 5.64. The maximum Gasteiger partial charge on any atom is 0.144 e. The van der Waals surface area contributed by atoms with Crippen LogP contribution in [-0.4, -0.2) is 47.2 Å². The van der Waals surface area contributed by atoms with Gasteiger partial charge in [0, 0.05) is 32.0 Å². The second-order valence-corrected chi connectivity index (χ2v) is 5.81. The summed E-state index contributed by atoms with van der Waals surface area (Å²) in [5, 5.41) is 3.26. The van der Waals surface area contributed by atoms with Crippen molar-refractivity contribution in [2.45, 2.75) is 45.8 Å². The Morgan fingerprint density at radius 2 is 2.25 bits per heavy atom. The summed E-state index contributed by atoms with van der Waals surface area (Å²) in [6.45, 7) is 9.97. The van der Waals surface area contributed by atoms with Crippen molar-refractivity contribution in [2.24, 2.45) is 0 Å². The van der Waals surface area contributed by atoms with E-state index in [4.69, 9.17) is 4.74 Å². The van der Waals surface area contributed by atoms with E-state index in [1.54, 1.807) is 7.11 Å². The first-order valence-electron chi connectivity index (χ1n) is 7.40. The van der Waals surface area contributed by atoms with Gasteiger partial charge in [0.1, 0.15) is 11.6 Å². The zero-order valence-electron chi connectivity index (χ0n) is 13.1. The van der Waals surface area contributed by atoms with Crippen molar-refractivity contribution in [1.29, 1.82) is 0 Å². The molecular weight excluding hydrogens is 252 g/mol. The maximum atomic E-state index is 5.64. The van der Waals surface area contributed by atoms with Gasteiger partial charge in [0.05, 0.1) is 12.1 Å². The molecule has 1 atom stereocenters. The number of anilines is 1. The van der Waals surface area contributed by atoms with E-state index in [1.165, 1.54) is 0 Å². The summed E-state index contributed by atoms with van der Waals surface area (Å²) in [4.78, 5) is 11.5. The molecule has 5 nitrogen and oxygen atoms in total. The lowest BCUT2D eigenvalue weighted by atomic mass is 9.95. The molecule has 0 saturated carbocycles. The summed E-state index contributed by atoms with van der Waals surface area (Å²) in [5.74, 6) is 1.81. The van der Waals surface area contributed by atoms with Crippen molar-refractivity contribution in [3.8, 4) is 0 Å². The molecule has 112 valence electrons. The van der Waals surface area contributed by atoms with Gasteiger partial charge < -0.3 is 10.1 Å². The fraction of sp³-hybridized carbons (Fsp3) is 0.733. The highest BCUT2D eigenvalue weighted by Gasteiger charge is 2.30. The highest BCUT2D eigenvalue weighted by molar-refractivity contribution is 5.35. The fourth-order valence-electron chi connectivity index (χ4n) is 2.78. The molecule has 1 fully saturated rings. The van der Waals surface area contributed by atoms with E-state index < -0.39 is 0 Å². The molecule has 0 amide bonds. The normalized spacial score (nSPS) is 23.8. The molecule has 1 aliphatic rings. The molecule has 2 heterocycles. The SMILES string of the molecule is CCNc1cc(C)nc(CN2CCCC(C)(OC)C2)n1. The monoisotopic (exact) mass is 278 g/mol. The number of ether oxygens (including phenoxy) is 1. The Morgan fingerprint density at radius 3 is 2.95 bits per heavy atom. The van der Waals surface area contributed by atoms with Crippen LogP contribution in [0.25, 0.3) is 0 Å². The Balaban J connectivity index is 2.05. The van der Waals surface area contributed by atoms with Crippen molar-refractivity contribution in [3.63, 3.8) is 0 Å². The summed E-state index contributed by atoms with van der Waals surface area (Å²) >= 11 is 0. The highest BCUT2D eigenvalue weighted by Crippen LogP contribution is 2.24. The molecule has 2 rings (SSSR count). The highest BCUT2D eigenvalue weighted by atomic mass is 16.5. The summed E-state index contributed by atoms with van der Waals surface area (Å²) in [7, 11) is 1.80. The van der Waals surface area contributed by atoms with Crippen molar-refractivity contribution >= 4 is 5.82 Å². The number of hydrogen-bond acceptors (Lipinski definition) is 5. The van der Waals surface area contributed by atoms with E-state index >= 15 is 0 Å². The van der Waals surface area contributed by atoms with E-state index in [2.05, 4.69) is 34.0 Å². The number of nitrogens with one attached hydrogen (secondary N) is 1. The van der Waals surface area contributed by atoms with E-state index in [1.807, 2.05) is 13.0 Å². The second kappa shape index (κ2) is 6.50. The molecule has 0 aromatic carbocycles. The molecule has 1 aromatic rings. The quantitative estimate of drug-likeness (QED) is 0.895. The zero-order valence-corrected chi connectivity index (χ0v) is 13.1. The van der Waals surface area contributed by atoms with Gasteiger partial charge in [-0.15, -0.1) is 0 Å². The van der Waals surface area contributed by atoms with Crippen LogP contribution in [0.2, 0.25) is 0 Å². The third-order valence-electron chi connectivity index (χ3n) is 3.85. The van der Waals surface area contributed by atoms with Crippen LogP contribution in [0.3, 0.4) is 0 Å². The Labute approximate surface area is 121 Å². The number of methoxy groups -OCH3 is 1. The first-order valence-corrected chi connectivity index (χ1v) is 7.40. The predicted molar refractivity (Wildman–Crippen MR) is 80.9 cm³/mol. The van der Waals surface area contributed by atoms with Crippen molar-refractivity contribution in [3.05, 3.63) is 17.6 Å². The lowest BCUT2D eigenvalue weighted by Crippen LogP contribution is -2.47. The lowest BCUT2D eigenvalue weighted by Gasteiger charge is -2.39. The zero-order chi connectivity index (χ0) is 14.6. The standard InChI is InChI=1S/C15H26N4O/c1-5-16-13-9-12(2)17-14(18-13)10-19-8-6-7-15(3,11-19)20-4/h9H,5-8,10-11H2,1-4H3,(H,16,17,18). The molecule has 1 saturated heterocycles. The first-order chi connectivity index (χ1) is 9.54. The first kappa shape index (κ1) is 15.2. The van der Waals surface area contributed by atoms with E-state index in [0.717, 1.165) is 56.4 Å². The van der Waals surface area contributed by atoms with Gasteiger partial charge in [0.25, 0.3) is 0 Å². The van der Waals surface area contributed by atoms with Crippen LogP contribution in [0.15, 0.2) is 6.07 Å². The fourth-order valence-corrected chi connectivity index (χ4v) is 2.78. The van der Waals surface area contributed by atoms with Gasteiger partial charge in [0.15, 0.2) is 0 Å². The minimum atomic E-state index is -0.0351. The lowest BCUT2D eigenvalue weighted by molar-refractivity contribution is -0.0532. The van der Waals surface area contributed by atoms with Crippen LogP contribution in [0.5, 0.6) is 0 Å². The topological polar surface area (TPSA) is 50.3 Å². The molecule has 0 bridgehead atoms. The molecule has 0 spiro atoms. The summed E-state index contributed by atoms with van der Waals surface area (Å²) in [6.07, 6.45) is 2.29. The summed E-state index contributed by atoms with van der Waals surface area (Å²) in [6, 6.07) is 1.99. The van der Waals surface area contributed by atoms with E-state index in [-0.39, 0.29) is 5.60 Å². The number of aryl methyl sites for hydroxylation is 1.